The van der Waals surface area contributed by atoms with Crippen LogP contribution in [-0.2, 0) is 0 Å². The summed E-state index contributed by atoms with van der Waals surface area (Å²) in [5.41, 5.74) is 14.5. The van der Waals surface area contributed by atoms with Crippen molar-refractivity contribution < 1.29 is 0 Å². The van der Waals surface area contributed by atoms with E-state index in [2.05, 4.69) is 221 Å². The molecular formula is C63H39N5S. The number of fused-ring (bicyclic) bond motifs is 10. The molecule has 0 spiro atoms. The van der Waals surface area contributed by atoms with Gasteiger partial charge in [-0.15, -0.1) is 11.3 Å². The van der Waals surface area contributed by atoms with Gasteiger partial charge in [0, 0.05) is 59.4 Å². The van der Waals surface area contributed by atoms with Gasteiger partial charge < -0.3 is 9.13 Å². The number of hydrogen-bond acceptors (Lipinski definition) is 4. The lowest BCUT2D eigenvalue weighted by Gasteiger charge is -2.11. The minimum atomic E-state index is 0.621. The van der Waals surface area contributed by atoms with Crippen molar-refractivity contribution in [2.45, 2.75) is 0 Å². The van der Waals surface area contributed by atoms with Crippen LogP contribution in [0.3, 0.4) is 0 Å². The zero-order chi connectivity index (χ0) is 45.4. The lowest BCUT2D eigenvalue weighted by molar-refractivity contribution is 1.07. The second-order valence-corrected chi connectivity index (χ2v) is 18.6. The zero-order valence-electron chi connectivity index (χ0n) is 37.2. The third-order valence-electron chi connectivity index (χ3n) is 13.6. The first-order chi connectivity index (χ1) is 34.2. The van der Waals surface area contributed by atoms with E-state index >= 15 is 0 Å². The van der Waals surface area contributed by atoms with Gasteiger partial charge in [-0.05, 0) is 70.8 Å². The Morgan fingerprint density at radius 1 is 0.304 bits per heavy atom. The molecule has 6 heteroatoms. The standard InChI is InChI=1S/C63H39N5S/c1-5-16-40(17-6-1)42-28-30-44(31-29-42)62-64-61(43-20-9-3-10-21-43)65-63(66-62)46-32-34-49-50-35-37-57-58(59(50)67(56(49)39-46)47-22-11-4-12-23-47)51-25-15-27-55(60(51)69-57)68-53-26-14-13-24-48(53)52-38-45(33-36-54(52)68)41-18-7-2-8-19-41/h1-39H. The van der Waals surface area contributed by atoms with Crippen LogP contribution in [0.1, 0.15) is 0 Å². The molecule has 4 heterocycles. The Morgan fingerprint density at radius 2 is 0.812 bits per heavy atom. The average molecular weight is 898 g/mol. The fourth-order valence-electron chi connectivity index (χ4n) is 10.4. The van der Waals surface area contributed by atoms with Crippen LogP contribution in [0, 0.1) is 0 Å². The van der Waals surface area contributed by atoms with E-state index in [1.807, 2.05) is 35.6 Å². The molecule has 5 nitrogen and oxygen atoms in total. The first-order valence-corrected chi connectivity index (χ1v) is 24.1. The summed E-state index contributed by atoms with van der Waals surface area (Å²) in [4.78, 5) is 15.5. The van der Waals surface area contributed by atoms with E-state index in [-0.39, 0.29) is 0 Å². The van der Waals surface area contributed by atoms with E-state index in [1.54, 1.807) is 0 Å². The highest BCUT2D eigenvalue weighted by atomic mass is 32.1. The molecule has 0 aliphatic heterocycles. The van der Waals surface area contributed by atoms with Crippen LogP contribution in [0.2, 0.25) is 0 Å². The molecule has 4 aromatic heterocycles. The lowest BCUT2D eigenvalue weighted by atomic mass is 10.0. The highest BCUT2D eigenvalue weighted by Crippen LogP contribution is 2.47. The number of rotatable bonds is 7. The van der Waals surface area contributed by atoms with Crippen LogP contribution in [0.25, 0.3) is 132 Å². The van der Waals surface area contributed by atoms with Gasteiger partial charge in [0.1, 0.15) is 0 Å². The molecule has 0 radical (unpaired) electrons. The molecule has 0 fully saturated rings. The van der Waals surface area contributed by atoms with Crippen LogP contribution < -0.4 is 0 Å². The maximum absolute atomic E-state index is 5.21. The Labute approximate surface area is 401 Å². The van der Waals surface area contributed by atoms with Crippen LogP contribution in [-0.4, -0.2) is 24.1 Å². The van der Waals surface area contributed by atoms with Crippen LogP contribution in [0.5, 0.6) is 0 Å². The molecule has 0 amide bonds. The van der Waals surface area contributed by atoms with Gasteiger partial charge in [-0.2, -0.15) is 0 Å². The Balaban J connectivity index is 0.977. The van der Waals surface area contributed by atoms with Gasteiger partial charge >= 0.3 is 0 Å². The molecule has 0 aliphatic carbocycles. The molecular weight excluding hydrogens is 859 g/mol. The molecule has 0 bridgehead atoms. The molecule has 0 saturated heterocycles. The molecule has 0 N–H and O–H groups in total. The number of para-hydroxylation sites is 2. The minimum Gasteiger partial charge on any atom is -0.309 e. The lowest BCUT2D eigenvalue weighted by Crippen LogP contribution is -2.00. The van der Waals surface area contributed by atoms with E-state index in [0.29, 0.717) is 17.5 Å². The van der Waals surface area contributed by atoms with E-state index in [9.17, 15) is 0 Å². The highest BCUT2D eigenvalue weighted by Gasteiger charge is 2.23. The van der Waals surface area contributed by atoms with E-state index < -0.39 is 0 Å². The second-order valence-electron chi connectivity index (χ2n) is 17.6. The van der Waals surface area contributed by atoms with Crippen molar-refractivity contribution in [3.63, 3.8) is 0 Å². The van der Waals surface area contributed by atoms with Crippen molar-refractivity contribution in [2.24, 2.45) is 0 Å². The normalized spacial score (nSPS) is 11.8. The van der Waals surface area contributed by atoms with Gasteiger partial charge in [0.2, 0.25) is 0 Å². The predicted octanol–water partition coefficient (Wildman–Crippen LogP) is 16.8. The van der Waals surface area contributed by atoms with Crippen LogP contribution in [0.4, 0.5) is 0 Å². The van der Waals surface area contributed by atoms with Crippen molar-refractivity contribution in [1.82, 2.24) is 24.1 Å². The van der Waals surface area contributed by atoms with Crippen molar-refractivity contribution in [3.8, 4) is 67.8 Å². The highest BCUT2D eigenvalue weighted by molar-refractivity contribution is 7.26. The van der Waals surface area contributed by atoms with Gasteiger partial charge in [-0.1, -0.05) is 188 Å². The summed E-state index contributed by atoms with van der Waals surface area (Å²) in [5, 5.41) is 7.33. The third kappa shape index (κ3) is 6.41. The molecule has 0 saturated carbocycles. The van der Waals surface area contributed by atoms with E-state index in [0.717, 1.165) is 33.5 Å². The summed E-state index contributed by atoms with van der Waals surface area (Å²) in [5.74, 6) is 1.88. The van der Waals surface area contributed by atoms with E-state index in [4.69, 9.17) is 15.0 Å². The van der Waals surface area contributed by atoms with Gasteiger partial charge in [0.05, 0.1) is 32.5 Å². The molecule has 69 heavy (non-hydrogen) atoms. The molecule has 10 aromatic carbocycles. The first kappa shape index (κ1) is 39.2. The molecule has 14 rings (SSSR count). The maximum atomic E-state index is 5.21. The van der Waals surface area contributed by atoms with Gasteiger partial charge in [0.25, 0.3) is 0 Å². The summed E-state index contributed by atoms with van der Waals surface area (Å²) >= 11 is 1.87. The van der Waals surface area contributed by atoms with E-state index in [1.165, 1.54) is 80.6 Å². The molecule has 14 aromatic rings. The number of hydrogen-bond donors (Lipinski definition) is 0. The molecule has 322 valence electrons. The summed E-state index contributed by atoms with van der Waals surface area (Å²) in [6.07, 6.45) is 0. The smallest absolute Gasteiger partial charge is 0.164 e. The maximum Gasteiger partial charge on any atom is 0.164 e. The fraction of sp³-hybridized carbons (Fsp3) is 0. The largest absolute Gasteiger partial charge is 0.309 e. The number of nitrogens with zero attached hydrogens (tertiary/aromatic N) is 5. The fourth-order valence-corrected chi connectivity index (χ4v) is 11.6. The van der Waals surface area contributed by atoms with Crippen molar-refractivity contribution in [3.05, 3.63) is 237 Å². The Morgan fingerprint density at radius 3 is 1.54 bits per heavy atom. The van der Waals surface area contributed by atoms with Crippen molar-refractivity contribution in [1.29, 1.82) is 0 Å². The Hall–Kier alpha value is -8.97. The summed E-state index contributed by atoms with van der Waals surface area (Å²) < 4.78 is 7.41. The third-order valence-corrected chi connectivity index (χ3v) is 14.8. The SMILES string of the molecule is c1ccc(-c2ccc(-c3nc(-c4ccccc4)nc(-c4ccc5c6ccc7sc8c(-n9c%10ccccc%10c%10cc(-c%11ccccc%11)ccc%109)cccc8c7c6n(-c6ccccc6)c5c4)n3)cc2)cc1. The summed E-state index contributed by atoms with van der Waals surface area (Å²) in [7, 11) is 0. The summed E-state index contributed by atoms with van der Waals surface area (Å²) in [6.45, 7) is 0. The predicted molar refractivity (Wildman–Crippen MR) is 289 cm³/mol. The average Bonchev–Trinajstić information content (AvgIpc) is 4.09. The number of thiophene rings is 1. The number of aromatic nitrogens is 5. The van der Waals surface area contributed by atoms with Crippen LogP contribution >= 0.6 is 11.3 Å². The molecule has 0 atom stereocenters. The quantitative estimate of drug-likeness (QED) is 0.160. The zero-order valence-corrected chi connectivity index (χ0v) is 38.0. The van der Waals surface area contributed by atoms with Gasteiger partial charge in [0.15, 0.2) is 17.5 Å². The van der Waals surface area contributed by atoms with Gasteiger partial charge in [-0.3, -0.25) is 0 Å². The molecule has 0 aliphatic rings. The monoisotopic (exact) mass is 897 g/mol. The Bertz CT molecular complexity index is 4270. The molecule has 0 unspecified atom stereocenters. The summed E-state index contributed by atoms with van der Waals surface area (Å²) in [6, 6.07) is 84.4. The van der Waals surface area contributed by atoms with Crippen LogP contribution in [0.15, 0.2) is 237 Å². The van der Waals surface area contributed by atoms with Crippen molar-refractivity contribution in [2.75, 3.05) is 0 Å². The van der Waals surface area contributed by atoms with Gasteiger partial charge in [-0.25, -0.2) is 15.0 Å². The second kappa shape index (κ2) is 15.8. The number of benzene rings is 10. The van der Waals surface area contributed by atoms with Crippen molar-refractivity contribution >= 4 is 75.1 Å². The minimum absolute atomic E-state index is 0.621. The first-order valence-electron chi connectivity index (χ1n) is 23.3. The Kier molecular flexibility index (Phi) is 9.00. The topological polar surface area (TPSA) is 48.5 Å².